The fourth-order valence-corrected chi connectivity index (χ4v) is 4.99. The number of hydrogen-bond acceptors (Lipinski definition) is 4. The molecule has 1 heterocycles. The zero-order chi connectivity index (χ0) is 28.9. The molecular formula is C32H37F2NO5. The molecule has 0 aliphatic carbocycles. The zero-order valence-corrected chi connectivity index (χ0v) is 22.7. The van der Waals surface area contributed by atoms with Crippen molar-refractivity contribution >= 4 is 11.9 Å². The number of piperidine rings is 1. The molecule has 1 aliphatic heterocycles. The second-order valence-corrected chi connectivity index (χ2v) is 10.3. The van der Waals surface area contributed by atoms with Crippen LogP contribution < -0.4 is 0 Å². The van der Waals surface area contributed by atoms with E-state index in [1.165, 1.54) is 42.7 Å². The van der Waals surface area contributed by atoms with Gasteiger partial charge in [0.15, 0.2) is 0 Å². The Morgan fingerprint density at radius 2 is 1.35 bits per heavy atom. The molecule has 1 atom stereocenters. The highest BCUT2D eigenvalue weighted by atomic mass is 19.1. The number of rotatable bonds is 10. The molecule has 4 rings (SSSR count). The summed E-state index contributed by atoms with van der Waals surface area (Å²) in [7, 11) is 0. The summed E-state index contributed by atoms with van der Waals surface area (Å²) >= 11 is 0. The van der Waals surface area contributed by atoms with E-state index in [4.69, 9.17) is 24.5 Å². The summed E-state index contributed by atoms with van der Waals surface area (Å²) in [5.74, 6) is -2.89. The summed E-state index contributed by atoms with van der Waals surface area (Å²) in [4.78, 5) is 20.8. The van der Waals surface area contributed by atoms with Crippen LogP contribution in [0.4, 0.5) is 8.78 Å². The SMILES string of the molecule is C[C@@H](Cc1ccccc1)CN1CCC(CCOC(c2ccc(F)cc2)c2ccc(F)cc2)CC1.O=C(O)C(=O)O. The summed E-state index contributed by atoms with van der Waals surface area (Å²) in [6, 6.07) is 23.5. The molecule has 0 saturated carbocycles. The van der Waals surface area contributed by atoms with E-state index in [1.54, 1.807) is 24.3 Å². The number of halogens is 2. The molecule has 2 N–H and O–H groups in total. The molecule has 3 aromatic carbocycles. The minimum atomic E-state index is -1.82. The number of benzene rings is 3. The van der Waals surface area contributed by atoms with E-state index in [-0.39, 0.29) is 17.7 Å². The first kappa shape index (κ1) is 30.9. The van der Waals surface area contributed by atoms with Gasteiger partial charge in [0.25, 0.3) is 0 Å². The number of aliphatic carboxylic acids is 2. The van der Waals surface area contributed by atoms with Gasteiger partial charge < -0.3 is 19.8 Å². The van der Waals surface area contributed by atoms with Crippen molar-refractivity contribution in [1.82, 2.24) is 4.90 Å². The van der Waals surface area contributed by atoms with E-state index in [0.717, 1.165) is 43.6 Å². The van der Waals surface area contributed by atoms with E-state index >= 15 is 0 Å². The van der Waals surface area contributed by atoms with Crippen molar-refractivity contribution in [3.63, 3.8) is 0 Å². The van der Waals surface area contributed by atoms with E-state index in [0.29, 0.717) is 18.4 Å². The number of hydrogen-bond donors (Lipinski definition) is 2. The molecule has 0 unspecified atom stereocenters. The van der Waals surface area contributed by atoms with Crippen molar-refractivity contribution in [3.05, 3.63) is 107 Å². The maximum Gasteiger partial charge on any atom is 0.414 e. The Morgan fingerprint density at radius 1 is 0.850 bits per heavy atom. The van der Waals surface area contributed by atoms with Crippen molar-refractivity contribution in [1.29, 1.82) is 0 Å². The number of carboxylic acids is 2. The largest absolute Gasteiger partial charge is 0.473 e. The highest BCUT2D eigenvalue weighted by molar-refractivity contribution is 6.27. The van der Waals surface area contributed by atoms with Crippen LogP contribution in [-0.4, -0.2) is 53.3 Å². The third kappa shape index (κ3) is 10.5. The average Bonchev–Trinajstić information content (AvgIpc) is 2.94. The molecule has 40 heavy (non-hydrogen) atoms. The van der Waals surface area contributed by atoms with E-state index < -0.39 is 11.9 Å². The molecule has 0 radical (unpaired) electrons. The van der Waals surface area contributed by atoms with Crippen LogP contribution in [0.25, 0.3) is 0 Å². The maximum absolute atomic E-state index is 13.4. The van der Waals surface area contributed by atoms with Crippen LogP contribution in [0.15, 0.2) is 78.9 Å². The minimum absolute atomic E-state index is 0.272. The van der Waals surface area contributed by atoms with Crippen LogP contribution in [0.3, 0.4) is 0 Å². The molecule has 0 spiro atoms. The third-order valence-electron chi connectivity index (χ3n) is 7.04. The standard InChI is InChI=1S/C30H35F2NO.C2H2O4/c1-23(21-25-5-3-2-4-6-25)22-33-18-15-24(16-19-33)17-20-34-30(26-7-11-28(31)12-8-26)27-9-13-29(32)14-10-27;3-1(4)2(5)6/h2-14,23-24,30H,15-22H2,1H3;(H,3,4)(H,5,6)/t23-;/m0./s1. The Labute approximate surface area is 234 Å². The van der Waals surface area contributed by atoms with Crippen molar-refractivity contribution in [2.45, 2.75) is 38.7 Å². The second kappa shape index (κ2) is 15.8. The molecule has 1 fully saturated rings. The van der Waals surface area contributed by atoms with Gasteiger partial charge in [-0.3, -0.25) is 0 Å². The Bertz CT molecular complexity index is 1120. The highest BCUT2D eigenvalue weighted by Gasteiger charge is 2.22. The molecule has 0 aromatic heterocycles. The number of ether oxygens (including phenoxy) is 1. The maximum atomic E-state index is 13.4. The first-order valence-electron chi connectivity index (χ1n) is 13.6. The number of carbonyl (C=O) groups is 2. The van der Waals surface area contributed by atoms with Gasteiger partial charge in [-0.2, -0.15) is 0 Å². The smallest absolute Gasteiger partial charge is 0.414 e. The minimum Gasteiger partial charge on any atom is -0.473 e. The van der Waals surface area contributed by atoms with Gasteiger partial charge in [0.2, 0.25) is 0 Å². The molecule has 8 heteroatoms. The Morgan fingerprint density at radius 3 is 1.82 bits per heavy atom. The van der Waals surface area contributed by atoms with Crippen molar-refractivity contribution in [2.24, 2.45) is 11.8 Å². The van der Waals surface area contributed by atoms with Gasteiger partial charge >= 0.3 is 11.9 Å². The lowest BCUT2D eigenvalue weighted by molar-refractivity contribution is -0.159. The molecule has 214 valence electrons. The number of likely N-dealkylation sites (tertiary alicyclic amines) is 1. The number of nitrogens with zero attached hydrogens (tertiary/aromatic N) is 1. The molecular weight excluding hydrogens is 516 g/mol. The normalized spacial score (nSPS) is 14.8. The predicted octanol–water partition coefficient (Wildman–Crippen LogP) is 6.21. The van der Waals surface area contributed by atoms with Gasteiger partial charge in [0.05, 0.1) is 0 Å². The summed E-state index contributed by atoms with van der Waals surface area (Å²) in [6.45, 7) is 6.41. The number of carboxylic acid groups (broad SMARTS) is 2. The molecule has 1 aliphatic rings. The van der Waals surface area contributed by atoms with Crippen LogP contribution in [0.1, 0.15) is 49.0 Å². The second-order valence-electron chi connectivity index (χ2n) is 10.3. The van der Waals surface area contributed by atoms with E-state index in [9.17, 15) is 8.78 Å². The highest BCUT2D eigenvalue weighted by Crippen LogP contribution is 2.28. The molecule has 3 aromatic rings. The van der Waals surface area contributed by atoms with Gasteiger partial charge in [-0.25, -0.2) is 18.4 Å². The fraction of sp³-hybridized carbons (Fsp3) is 0.375. The average molecular weight is 554 g/mol. The summed E-state index contributed by atoms with van der Waals surface area (Å²) in [6.07, 6.45) is 4.20. The molecule has 1 saturated heterocycles. The lowest BCUT2D eigenvalue weighted by Gasteiger charge is -2.34. The quantitative estimate of drug-likeness (QED) is 0.291. The van der Waals surface area contributed by atoms with Gasteiger partial charge in [0.1, 0.15) is 17.7 Å². The van der Waals surface area contributed by atoms with Crippen molar-refractivity contribution in [2.75, 3.05) is 26.2 Å². The molecule has 0 bridgehead atoms. The lowest BCUT2D eigenvalue weighted by Crippen LogP contribution is -2.37. The molecule has 0 amide bonds. The topological polar surface area (TPSA) is 87.1 Å². The van der Waals surface area contributed by atoms with E-state index in [2.05, 4.69) is 42.2 Å². The van der Waals surface area contributed by atoms with Crippen LogP contribution in [0.5, 0.6) is 0 Å². The van der Waals surface area contributed by atoms with Crippen LogP contribution in [-0.2, 0) is 20.7 Å². The summed E-state index contributed by atoms with van der Waals surface area (Å²) in [5.41, 5.74) is 3.18. The van der Waals surface area contributed by atoms with Crippen molar-refractivity contribution in [3.8, 4) is 0 Å². The monoisotopic (exact) mass is 553 g/mol. The Balaban J connectivity index is 0.000000663. The van der Waals surface area contributed by atoms with Crippen molar-refractivity contribution < 1.29 is 33.3 Å². The van der Waals surface area contributed by atoms with Gasteiger partial charge in [-0.15, -0.1) is 0 Å². The zero-order valence-electron chi connectivity index (χ0n) is 22.7. The summed E-state index contributed by atoms with van der Waals surface area (Å²) in [5, 5.41) is 14.8. The third-order valence-corrected chi connectivity index (χ3v) is 7.04. The predicted molar refractivity (Wildman–Crippen MR) is 149 cm³/mol. The van der Waals surface area contributed by atoms with Crippen LogP contribution >= 0.6 is 0 Å². The Hall–Kier alpha value is -3.62. The van der Waals surface area contributed by atoms with Crippen LogP contribution in [0.2, 0.25) is 0 Å². The van der Waals surface area contributed by atoms with Gasteiger partial charge in [0, 0.05) is 13.2 Å². The summed E-state index contributed by atoms with van der Waals surface area (Å²) < 4.78 is 33.1. The van der Waals surface area contributed by atoms with Gasteiger partial charge in [-0.05, 0) is 91.6 Å². The lowest BCUT2D eigenvalue weighted by atomic mass is 9.92. The molecule has 6 nitrogen and oxygen atoms in total. The van der Waals surface area contributed by atoms with Gasteiger partial charge in [-0.1, -0.05) is 61.5 Å². The Kier molecular flexibility index (Phi) is 12.2. The first-order valence-corrected chi connectivity index (χ1v) is 13.6. The first-order chi connectivity index (χ1) is 19.2. The fourth-order valence-electron chi connectivity index (χ4n) is 4.99. The van der Waals surface area contributed by atoms with Crippen LogP contribution in [0, 0.1) is 23.5 Å². The van der Waals surface area contributed by atoms with E-state index in [1.807, 2.05) is 0 Å².